The summed E-state index contributed by atoms with van der Waals surface area (Å²) < 4.78 is 40.0. The van der Waals surface area contributed by atoms with Crippen LogP contribution in [0.25, 0.3) is 0 Å². The molecule has 11 heteroatoms. The van der Waals surface area contributed by atoms with E-state index in [-0.39, 0.29) is 18.9 Å². The van der Waals surface area contributed by atoms with Gasteiger partial charge in [-0.15, -0.1) is 0 Å². The Morgan fingerprint density at radius 2 is 1.69 bits per heavy atom. The van der Waals surface area contributed by atoms with Crippen molar-refractivity contribution in [2.45, 2.75) is 12.3 Å². The monoisotopic (exact) mass is 552 g/mol. The molecule has 1 amide bonds. The van der Waals surface area contributed by atoms with Gasteiger partial charge in [-0.2, -0.15) is 0 Å². The van der Waals surface area contributed by atoms with Gasteiger partial charge in [0.05, 0.1) is 29.8 Å². The number of carbonyl (C=O) groups excluding carboxylic acids is 1. The summed E-state index contributed by atoms with van der Waals surface area (Å²) in [6.45, 7) is 0.809. The lowest BCUT2D eigenvalue weighted by atomic mass is 9.90. The molecule has 4 rings (SSSR count). The number of carboxylic acids is 1. The standard InChI is InChI=1S/C28H29FN4O5S/c1-32(2)14-15-33(39(3,37)38)22-11-9-21(10-12-22)30-27(19-6-4-18(5-7-19)16-25(34)35)26-23-13-8-20(29)17-24(23)31-28(26)36/h4-13,17,26H,14-16H2,1-3H3,(H,31,36)(H,34,35). The van der Waals surface area contributed by atoms with Crippen molar-refractivity contribution in [1.29, 1.82) is 0 Å². The highest BCUT2D eigenvalue weighted by molar-refractivity contribution is 7.92. The maximum atomic E-state index is 13.8. The molecule has 1 unspecified atom stereocenters. The molecule has 0 fully saturated rings. The van der Waals surface area contributed by atoms with E-state index in [2.05, 4.69) is 5.32 Å². The number of aliphatic imine (C=N–C) groups is 1. The average molecular weight is 553 g/mol. The molecule has 0 saturated carbocycles. The van der Waals surface area contributed by atoms with Crippen LogP contribution in [0.3, 0.4) is 0 Å². The second-order valence-electron chi connectivity index (χ2n) is 9.57. The average Bonchev–Trinajstić information content (AvgIpc) is 3.17. The minimum Gasteiger partial charge on any atom is -0.481 e. The number of sulfonamides is 1. The summed E-state index contributed by atoms with van der Waals surface area (Å²) in [6.07, 6.45) is 1.00. The lowest BCUT2D eigenvalue weighted by Gasteiger charge is -2.24. The van der Waals surface area contributed by atoms with Crippen molar-refractivity contribution >= 4 is 44.7 Å². The molecule has 2 N–H and O–H groups in total. The minimum atomic E-state index is -3.52. The summed E-state index contributed by atoms with van der Waals surface area (Å²) in [5.74, 6) is -2.64. The topological polar surface area (TPSA) is 119 Å². The number of nitrogens with zero attached hydrogens (tertiary/aromatic N) is 3. The zero-order chi connectivity index (χ0) is 28.3. The van der Waals surface area contributed by atoms with Crippen LogP contribution in [0, 0.1) is 5.82 Å². The molecule has 9 nitrogen and oxygen atoms in total. The van der Waals surface area contributed by atoms with Gasteiger partial charge in [-0.25, -0.2) is 12.8 Å². The predicted octanol–water partition coefficient (Wildman–Crippen LogP) is 3.64. The number of fused-ring (bicyclic) bond motifs is 1. The van der Waals surface area contributed by atoms with Crippen LogP contribution >= 0.6 is 0 Å². The van der Waals surface area contributed by atoms with Gasteiger partial charge in [0.25, 0.3) is 0 Å². The van der Waals surface area contributed by atoms with Gasteiger partial charge in [0, 0.05) is 18.8 Å². The smallest absolute Gasteiger partial charge is 0.307 e. The van der Waals surface area contributed by atoms with Crippen molar-refractivity contribution in [1.82, 2.24) is 4.90 Å². The van der Waals surface area contributed by atoms with E-state index in [0.717, 1.165) is 6.26 Å². The summed E-state index contributed by atoms with van der Waals surface area (Å²) in [5, 5.41) is 11.8. The molecule has 204 valence electrons. The summed E-state index contributed by atoms with van der Waals surface area (Å²) >= 11 is 0. The second kappa shape index (κ2) is 11.3. The van der Waals surface area contributed by atoms with Crippen molar-refractivity contribution in [3.8, 4) is 0 Å². The molecule has 0 saturated heterocycles. The van der Waals surface area contributed by atoms with Gasteiger partial charge >= 0.3 is 5.97 Å². The van der Waals surface area contributed by atoms with E-state index in [0.29, 0.717) is 46.0 Å². The molecule has 1 aliphatic rings. The van der Waals surface area contributed by atoms with Crippen molar-refractivity contribution in [3.05, 3.63) is 89.2 Å². The first-order valence-corrected chi connectivity index (χ1v) is 14.0. The first kappa shape index (κ1) is 27.9. The summed E-state index contributed by atoms with van der Waals surface area (Å²) in [5.41, 5.74) is 3.46. The molecule has 0 aliphatic carbocycles. The Hall–Kier alpha value is -4.09. The van der Waals surface area contributed by atoms with Crippen LogP contribution in [0.1, 0.15) is 22.6 Å². The lowest BCUT2D eigenvalue weighted by Crippen LogP contribution is -2.35. The number of carboxylic acid groups (broad SMARTS) is 1. The maximum absolute atomic E-state index is 13.8. The number of hydrogen-bond acceptors (Lipinski definition) is 6. The summed E-state index contributed by atoms with van der Waals surface area (Å²) in [4.78, 5) is 30.8. The molecule has 3 aromatic rings. The normalized spacial score (nSPS) is 15.3. The number of carbonyl (C=O) groups is 2. The van der Waals surface area contributed by atoms with Gasteiger partial charge in [-0.05, 0) is 67.2 Å². The molecule has 0 spiro atoms. The van der Waals surface area contributed by atoms with Crippen LogP contribution < -0.4 is 9.62 Å². The van der Waals surface area contributed by atoms with Gasteiger partial charge in [0.1, 0.15) is 11.7 Å². The third-order valence-corrected chi connectivity index (χ3v) is 7.46. The molecule has 0 bridgehead atoms. The molecular weight excluding hydrogens is 523 g/mol. The van der Waals surface area contributed by atoms with Gasteiger partial charge in [-0.1, -0.05) is 30.3 Å². The number of anilines is 2. The fourth-order valence-corrected chi connectivity index (χ4v) is 5.30. The van der Waals surface area contributed by atoms with E-state index >= 15 is 0 Å². The van der Waals surface area contributed by atoms with E-state index in [1.807, 2.05) is 19.0 Å². The second-order valence-corrected chi connectivity index (χ2v) is 11.5. The molecule has 1 aliphatic heterocycles. The van der Waals surface area contributed by atoms with Crippen LogP contribution in [-0.2, 0) is 26.0 Å². The first-order chi connectivity index (χ1) is 18.4. The zero-order valence-electron chi connectivity index (χ0n) is 21.8. The Kier molecular flexibility index (Phi) is 8.12. The van der Waals surface area contributed by atoms with E-state index in [9.17, 15) is 22.4 Å². The van der Waals surface area contributed by atoms with Gasteiger partial charge in [0.2, 0.25) is 15.9 Å². The number of halogens is 1. The molecule has 3 aromatic carbocycles. The molecule has 39 heavy (non-hydrogen) atoms. The van der Waals surface area contributed by atoms with Crippen molar-refractivity contribution < 1.29 is 27.5 Å². The number of aliphatic carboxylic acids is 1. The fraction of sp³-hybridized carbons (Fsp3) is 0.250. The summed E-state index contributed by atoms with van der Waals surface area (Å²) in [6, 6.07) is 17.4. The Bertz CT molecular complexity index is 1520. The van der Waals surface area contributed by atoms with Crippen molar-refractivity contribution in [3.63, 3.8) is 0 Å². The quantitative estimate of drug-likeness (QED) is 0.371. The van der Waals surface area contributed by atoms with E-state index in [1.54, 1.807) is 54.6 Å². The van der Waals surface area contributed by atoms with Crippen LogP contribution in [-0.4, -0.2) is 69.5 Å². The zero-order valence-corrected chi connectivity index (χ0v) is 22.6. The molecule has 0 aromatic heterocycles. The maximum Gasteiger partial charge on any atom is 0.307 e. The highest BCUT2D eigenvalue weighted by atomic mass is 32.2. The fourth-order valence-electron chi connectivity index (χ4n) is 4.38. The van der Waals surface area contributed by atoms with Gasteiger partial charge < -0.3 is 15.3 Å². The number of likely N-dealkylation sites (N-methyl/N-ethyl adjacent to an activating group) is 1. The van der Waals surface area contributed by atoms with Crippen LogP contribution in [0.2, 0.25) is 0 Å². The SMILES string of the molecule is CN(C)CCN(c1ccc(N=C(c2ccc(CC(=O)O)cc2)C2C(=O)Nc3cc(F)ccc32)cc1)S(C)(=O)=O. The predicted molar refractivity (Wildman–Crippen MR) is 149 cm³/mol. The Labute approximate surface area is 226 Å². The van der Waals surface area contributed by atoms with Crippen molar-refractivity contribution in [2.75, 3.05) is 43.1 Å². The van der Waals surface area contributed by atoms with Crippen LogP contribution in [0.4, 0.5) is 21.5 Å². The highest BCUT2D eigenvalue weighted by Crippen LogP contribution is 2.37. The third kappa shape index (κ3) is 6.68. The number of nitrogens with one attached hydrogen (secondary N) is 1. The van der Waals surface area contributed by atoms with E-state index < -0.39 is 27.7 Å². The molecule has 0 radical (unpaired) electrons. The highest BCUT2D eigenvalue weighted by Gasteiger charge is 2.35. The number of amides is 1. The number of benzene rings is 3. The van der Waals surface area contributed by atoms with Gasteiger partial charge in [0.15, 0.2) is 0 Å². The third-order valence-electron chi connectivity index (χ3n) is 6.26. The lowest BCUT2D eigenvalue weighted by molar-refractivity contribution is -0.136. The molecule has 1 heterocycles. The molecule has 1 atom stereocenters. The van der Waals surface area contributed by atoms with Crippen molar-refractivity contribution in [2.24, 2.45) is 4.99 Å². The van der Waals surface area contributed by atoms with E-state index in [4.69, 9.17) is 10.1 Å². The first-order valence-electron chi connectivity index (χ1n) is 12.1. The van der Waals surface area contributed by atoms with Crippen LogP contribution in [0.15, 0.2) is 71.7 Å². The number of hydrogen-bond donors (Lipinski definition) is 2. The van der Waals surface area contributed by atoms with Gasteiger partial charge in [-0.3, -0.25) is 18.9 Å². The van der Waals surface area contributed by atoms with E-state index in [1.165, 1.54) is 16.4 Å². The number of rotatable bonds is 10. The molecular formula is C28H29FN4O5S. The Morgan fingerprint density at radius 1 is 1.03 bits per heavy atom. The Morgan fingerprint density at radius 3 is 2.28 bits per heavy atom. The van der Waals surface area contributed by atoms with Crippen LogP contribution in [0.5, 0.6) is 0 Å². The minimum absolute atomic E-state index is 0.148. The summed E-state index contributed by atoms with van der Waals surface area (Å²) in [7, 11) is 0.204. The largest absolute Gasteiger partial charge is 0.481 e. The Balaban J connectivity index is 1.76.